The lowest BCUT2D eigenvalue weighted by Gasteiger charge is -2.05. The van der Waals surface area contributed by atoms with Crippen molar-refractivity contribution in [3.63, 3.8) is 0 Å². The van der Waals surface area contributed by atoms with Crippen molar-refractivity contribution < 1.29 is 14.7 Å². The second kappa shape index (κ2) is 6.18. The van der Waals surface area contributed by atoms with Crippen LogP contribution in [0.15, 0.2) is 30.3 Å². The molecule has 4 heteroatoms. The summed E-state index contributed by atoms with van der Waals surface area (Å²) in [5, 5.41) is 11.4. The van der Waals surface area contributed by atoms with Crippen molar-refractivity contribution in [3.05, 3.63) is 41.5 Å². The highest BCUT2D eigenvalue weighted by atomic mass is 16.4. The van der Waals surface area contributed by atoms with E-state index in [4.69, 9.17) is 5.11 Å². The first-order valence-corrected chi connectivity index (χ1v) is 6.40. The first kappa shape index (κ1) is 13.3. The molecule has 1 aromatic rings. The second-order valence-corrected chi connectivity index (χ2v) is 4.84. The van der Waals surface area contributed by atoms with Crippen molar-refractivity contribution >= 4 is 18.0 Å². The van der Waals surface area contributed by atoms with Crippen LogP contribution in [0.1, 0.15) is 30.4 Å². The lowest BCUT2D eigenvalue weighted by molar-refractivity contribution is -0.131. The molecular formula is C15H17NO3. The lowest BCUT2D eigenvalue weighted by atomic mass is 10.1. The Morgan fingerprint density at radius 1 is 1.37 bits per heavy atom. The average molecular weight is 259 g/mol. The van der Waals surface area contributed by atoms with E-state index in [1.807, 2.05) is 24.3 Å². The summed E-state index contributed by atoms with van der Waals surface area (Å²) in [6, 6.07) is 7.46. The monoisotopic (exact) mass is 259 g/mol. The summed E-state index contributed by atoms with van der Waals surface area (Å²) in [6.45, 7) is 0.486. The third kappa shape index (κ3) is 4.95. The van der Waals surface area contributed by atoms with Gasteiger partial charge in [-0.3, -0.25) is 4.79 Å². The van der Waals surface area contributed by atoms with Crippen LogP contribution in [0, 0.1) is 5.92 Å². The van der Waals surface area contributed by atoms with E-state index in [0.717, 1.165) is 17.2 Å². The lowest BCUT2D eigenvalue weighted by Crippen LogP contribution is -2.22. The number of carbonyl (C=O) groups is 2. The average Bonchev–Trinajstić information content (AvgIpc) is 3.18. The van der Waals surface area contributed by atoms with Crippen LogP contribution in [0.2, 0.25) is 0 Å². The Hall–Kier alpha value is -2.10. The molecular weight excluding hydrogens is 242 g/mol. The molecule has 0 bridgehead atoms. The van der Waals surface area contributed by atoms with Crippen molar-refractivity contribution in [2.75, 3.05) is 0 Å². The Kier molecular flexibility index (Phi) is 4.34. The SMILES string of the molecule is O=C(O)C=Cc1cccc(CNC(=O)CC2CC2)c1. The third-order valence-corrected chi connectivity index (χ3v) is 3.03. The van der Waals surface area contributed by atoms with Gasteiger partial charge in [0.15, 0.2) is 0 Å². The highest BCUT2D eigenvalue weighted by Crippen LogP contribution is 2.32. The first-order chi connectivity index (χ1) is 9.13. The molecule has 0 aliphatic heterocycles. The topological polar surface area (TPSA) is 66.4 Å². The number of benzene rings is 1. The highest BCUT2D eigenvalue weighted by Gasteiger charge is 2.23. The zero-order valence-electron chi connectivity index (χ0n) is 10.6. The number of aliphatic carboxylic acids is 1. The number of carboxylic acids is 1. The fraction of sp³-hybridized carbons (Fsp3) is 0.333. The normalized spacial score (nSPS) is 14.5. The Labute approximate surface area is 112 Å². The number of rotatable bonds is 6. The van der Waals surface area contributed by atoms with E-state index in [2.05, 4.69) is 5.32 Å². The van der Waals surface area contributed by atoms with Crippen molar-refractivity contribution in [2.45, 2.75) is 25.8 Å². The molecule has 100 valence electrons. The second-order valence-electron chi connectivity index (χ2n) is 4.84. The maximum absolute atomic E-state index is 11.6. The number of hydrogen-bond acceptors (Lipinski definition) is 2. The van der Waals surface area contributed by atoms with Crippen LogP contribution in [0.4, 0.5) is 0 Å². The van der Waals surface area contributed by atoms with Gasteiger partial charge in [-0.15, -0.1) is 0 Å². The number of amides is 1. The Morgan fingerprint density at radius 3 is 2.84 bits per heavy atom. The minimum Gasteiger partial charge on any atom is -0.478 e. The molecule has 2 rings (SSSR count). The van der Waals surface area contributed by atoms with E-state index in [-0.39, 0.29) is 5.91 Å². The van der Waals surface area contributed by atoms with E-state index >= 15 is 0 Å². The maximum atomic E-state index is 11.6. The first-order valence-electron chi connectivity index (χ1n) is 6.40. The number of carboxylic acid groups (broad SMARTS) is 1. The van der Waals surface area contributed by atoms with E-state index in [1.54, 1.807) is 0 Å². The zero-order chi connectivity index (χ0) is 13.7. The van der Waals surface area contributed by atoms with E-state index < -0.39 is 5.97 Å². The minimum atomic E-state index is -0.969. The molecule has 1 aliphatic carbocycles. The number of nitrogens with one attached hydrogen (secondary N) is 1. The fourth-order valence-electron chi connectivity index (χ4n) is 1.83. The molecule has 0 radical (unpaired) electrons. The molecule has 0 unspecified atom stereocenters. The van der Waals surface area contributed by atoms with Gasteiger partial charge in [-0.05, 0) is 42.0 Å². The summed E-state index contributed by atoms with van der Waals surface area (Å²) in [7, 11) is 0. The standard InChI is InChI=1S/C15H17NO3/c17-14(9-12-4-5-12)16-10-13-3-1-2-11(8-13)6-7-15(18)19/h1-3,6-8,12H,4-5,9-10H2,(H,16,17)(H,18,19). The summed E-state index contributed by atoms with van der Waals surface area (Å²) in [5.41, 5.74) is 1.79. The molecule has 4 nitrogen and oxygen atoms in total. The molecule has 1 amide bonds. The molecule has 2 N–H and O–H groups in total. The summed E-state index contributed by atoms with van der Waals surface area (Å²) in [4.78, 5) is 22.0. The Balaban J connectivity index is 1.87. The molecule has 1 aromatic carbocycles. The van der Waals surface area contributed by atoms with Gasteiger partial charge in [-0.2, -0.15) is 0 Å². The van der Waals surface area contributed by atoms with Crippen LogP contribution in [0.3, 0.4) is 0 Å². The van der Waals surface area contributed by atoms with Gasteiger partial charge in [0.25, 0.3) is 0 Å². The van der Waals surface area contributed by atoms with Gasteiger partial charge in [-0.25, -0.2) is 4.79 Å². The van der Waals surface area contributed by atoms with Crippen molar-refractivity contribution in [3.8, 4) is 0 Å². The largest absolute Gasteiger partial charge is 0.478 e. The summed E-state index contributed by atoms with van der Waals surface area (Å²) in [5.74, 6) is -0.290. The fourth-order valence-corrected chi connectivity index (χ4v) is 1.83. The third-order valence-electron chi connectivity index (χ3n) is 3.03. The van der Waals surface area contributed by atoms with Gasteiger partial charge in [-0.1, -0.05) is 18.2 Å². The molecule has 1 aliphatic rings. The Bertz CT molecular complexity index is 504. The van der Waals surface area contributed by atoms with Crippen LogP contribution < -0.4 is 5.32 Å². The van der Waals surface area contributed by atoms with Crippen LogP contribution in [-0.4, -0.2) is 17.0 Å². The molecule has 0 atom stereocenters. The van der Waals surface area contributed by atoms with Crippen molar-refractivity contribution in [1.29, 1.82) is 0 Å². The van der Waals surface area contributed by atoms with Gasteiger partial charge in [0.1, 0.15) is 0 Å². The molecule has 0 aromatic heterocycles. The van der Waals surface area contributed by atoms with Gasteiger partial charge in [0.05, 0.1) is 0 Å². The summed E-state index contributed by atoms with van der Waals surface area (Å²) < 4.78 is 0. The van der Waals surface area contributed by atoms with Gasteiger partial charge in [0.2, 0.25) is 5.91 Å². The van der Waals surface area contributed by atoms with Crippen LogP contribution >= 0.6 is 0 Å². The number of carbonyl (C=O) groups excluding carboxylic acids is 1. The Morgan fingerprint density at radius 2 is 2.16 bits per heavy atom. The van der Waals surface area contributed by atoms with Crippen LogP contribution in [-0.2, 0) is 16.1 Å². The highest BCUT2D eigenvalue weighted by molar-refractivity contribution is 5.85. The van der Waals surface area contributed by atoms with Gasteiger partial charge >= 0.3 is 5.97 Å². The maximum Gasteiger partial charge on any atom is 0.328 e. The summed E-state index contributed by atoms with van der Waals surface area (Å²) in [6.07, 6.45) is 5.60. The molecule has 19 heavy (non-hydrogen) atoms. The molecule has 0 saturated heterocycles. The summed E-state index contributed by atoms with van der Waals surface area (Å²) >= 11 is 0. The predicted molar refractivity (Wildman–Crippen MR) is 72.3 cm³/mol. The number of hydrogen-bond donors (Lipinski definition) is 2. The van der Waals surface area contributed by atoms with Crippen LogP contribution in [0.5, 0.6) is 0 Å². The predicted octanol–water partition coefficient (Wildman–Crippen LogP) is 2.20. The minimum absolute atomic E-state index is 0.0916. The van der Waals surface area contributed by atoms with E-state index in [9.17, 15) is 9.59 Å². The van der Waals surface area contributed by atoms with E-state index in [0.29, 0.717) is 18.9 Å². The van der Waals surface area contributed by atoms with Crippen LogP contribution in [0.25, 0.3) is 6.08 Å². The van der Waals surface area contributed by atoms with E-state index in [1.165, 1.54) is 18.9 Å². The molecule has 1 fully saturated rings. The quantitative estimate of drug-likeness (QED) is 0.770. The zero-order valence-corrected chi connectivity index (χ0v) is 10.6. The van der Waals surface area contributed by atoms with Gasteiger partial charge in [0, 0.05) is 19.0 Å². The van der Waals surface area contributed by atoms with Crippen molar-refractivity contribution in [2.24, 2.45) is 5.92 Å². The van der Waals surface area contributed by atoms with Gasteiger partial charge < -0.3 is 10.4 Å². The molecule has 1 saturated carbocycles. The van der Waals surface area contributed by atoms with Crippen molar-refractivity contribution in [1.82, 2.24) is 5.32 Å². The molecule has 0 spiro atoms. The smallest absolute Gasteiger partial charge is 0.328 e. The molecule has 0 heterocycles.